The van der Waals surface area contributed by atoms with E-state index in [1.165, 1.54) is 0 Å². The molecule has 1 aliphatic rings. The van der Waals surface area contributed by atoms with Crippen LogP contribution >= 0.6 is 11.6 Å². The van der Waals surface area contributed by atoms with Crippen molar-refractivity contribution in [2.24, 2.45) is 0 Å². The number of esters is 1. The van der Waals surface area contributed by atoms with Crippen molar-refractivity contribution in [3.8, 4) is 0 Å². The van der Waals surface area contributed by atoms with Gasteiger partial charge in [0.05, 0.1) is 0 Å². The number of likely N-dealkylation sites (tertiary alicyclic amines) is 1. The van der Waals surface area contributed by atoms with Gasteiger partial charge in [0, 0.05) is 18.0 Å². The van der Waals surface area contributed by atoms with Crippen LogP contribution in [0.3, 0.4) is 0 Å². The third-order valence-corrected chi connectivity index (χ3v) is 3.86. The van der Waals surface area contributed by atoms with Crippen molar-refractivity contribution in [2.75, 3.05) is 6.54 Å². The van der Waals surface area contributed by atoms with Gasteiger partial charge in [-0.3, -0.25) is 4.79 Å². The van der Waals surface area contributed by atoms with Crippen LogP contribution in [0.2, 0.25) is 5.02 Å². The first-order valence-corrected chi connectivity index (χ1v) is 7.70. The van der Waals surface area contributed by atoms with Crippen LogP contribution in [0, 0.1) is 0 Å². The molecule has 0 radical (unpaired) electrons. The molecule has 21 heavy (non-hydrogen) atoms. The molecule has 0 N–H and O–H groups in total. The van der Waals surface area contributed by atoms with Crippen molar-refractivity contribution in [1.82, 2.24) is 4.90 Å². The quantitative estimate of drug-likeness (QED) is 0.785. The Kier molecular flexibility index (Phi) is 5.62. The van der Waals surface area contributed by atoms with E-state index in [1.54, 1.807) is 17.0 Å². The molecule has 1 unspecified atom stereocenters. The topological polar surface area (TPSA) is 46.6 Å². The van der Waals surface area contributed by atoms with Crippen molar-refractivity contribution in [2.45, 2.75) is 45.3 Å². The Morgan fingerprint density at radius 3 is 2.71 bits per heavy atom. The second-order valence-corrected chi connectivity index (χ2v) is 5.67. The highest BCUT2D eigenvalue weighted by Crippen LogP contribution is 2.20. The number of benzene rings is 1. The molecule has 1 fully saturated rings. The Morgan fingerprint density at radius 1 is 1.33 bits per heavy atom. The highest BCUT2D eigenvalue weighted by atomic mass is 35.5. The Hall–Kier alpha value is -1.55. The van der Waals surface area contributed by atoms with Gasteiger partial charge < -0.3 is 9.64 Å². The SMILES string of the molecule is CCCC(=O)N1CCCC1C(=O)OCc1ccc(Cl)cc1. The normalized spacial score (nSPS) is 17.8. The summed E-state index contributed by atoms with van der Waals surface area (Å²) >= 11 is 5.81. The molecule has 0 aliphatic carbocycles. The van der Waals surface area contributed by atoms with E-state index in [1.807, 2.05) is 19.1 Å². The summed E-state index contributed by atoms with van der Waals surface area (Å²) in [5, 5.41) is 0.650. The minimum absolute atomic E-state index is 0.0449. The van der Waals surface area contributed by atoms with Gasteiger partial charge in [0.15, 0.2) is 0 Å². The number of nitrogens with zero attached hydrogens (tertiary/aromatic N) is 1. The third-order valence-electron chi connectivity index (χ3n) is 3.60. The number of carbonyl (C=O) groups is 2. The van der Waals surface area contributed by atoms with Gasteiger partial charge in [0.25, 0.3) is 0 Å². The molecule has 2 rings (SSSR count). The zero-order valence-electron chi connectivity index (χ0n) is 12.2. The van der Waals surface area contributed by atoms with Gasteiger partial charge >= 0.3 is 5.97 Å². The Balaban J connectivity index is 1.90. The number of ether oxygens (including phenoxy) is 1. The van der Waals surface area contributed by atoms with Gasteiger partial charge in [0.2, 0.25) is 5.91 Å². The maximum atomic E-state index is 12.2. The van der Waals surface area contributed by atoms with Gasteiger partial charge in [-0.1, -0.05) is 30.7 Å². The standard InChI is InChI=1S/C16H20ClNO3/c1-2-4-15(19)18-10-3-5-14(18)16(20)21-11-12-6-8-13(17)9-7-12/h6-9,14H,2-5,10-11H2,1H3. The molecule has 114 valence electrons. The van der Waals surface area contributed by atoms with E-state index in [9.17, 15) is 9.59 Å². The lowest BCUT2D eigenvalue weighted by atomic mass is 10.2. The maximum Gasteiger partial charge on any atom is 0.329 e. The lowest BCUT2D eigenvalue weighted by Gasteiger charge is -2.23. The summed E-state index contributed by atoms with van der Waals surface area (Å²) in [4.78, 5) is 25.8. The molecular formula is C16H20ClNO3. The predicted octanol–water partition coefficient (Wildman–Crippen LogP) is 3.17. The van der Waals surface area contributed by atoms with Gasteiger partial charge in [0.1, 0.15) is 12.6 Å². The second-order valence-electron chi connectivity index (χ2n) is 5.23. The zero-order chi connectivity index (χ0) is 15.2. The summed E-state index contributed by atoms with van der Waals surface area (Å²) < 4.78 is 5.33. The Labute approximate surface area is 130 Å². The number of hydrogen-bond acceptors (Lipinski definition) is 3. The maximum absolute atomic E-state index is 12.2. The van der Waals surface area contributed by atoms with E-state index >= 15 is 0 Å². The first-order chi connectivity index (χ1) is 10.1. The van der Waals surface area contributed by atoms with Crippen molar-refractivity contribution in [1.29, 1.82) is 0 Å². The number of rotatable bonds is 5. The van der Waals surface area contributed by atoms with Crippen LogP contribution < -0.4 is 0 Å². The number of hydrogen-bond donors (Lipinski definition) is 0. The molecule has 5 heteroatoms. The van der Waals surface area contributed by atoms with E-state index in [2.05, 4.69) is 0 Å². The highest BCUT2D eigenvalue weighted by molar-refractivity contribution is 6.30. The average molecular weight is 310 g/mol. The minimum atomic E-state index is -0.420. The fourth-order valence-corrected chi connectivity index (χ4v) is 2.63. The first-order valence-electron chi connectivity index (χ1n) is 7.32. The third kappa shape index (κ3) is 4.21. The van der Waals surface area contributed by atoms with Crippen LogP contribution in [0.4, 0.5) is 0 Å². The molecule has 1 heterocycles. The molecule has 0 saturated carbocycles. The molecule has 1 atom stereocenters. The van der Waals surface area contributed by atoms with Gasteiger partial charge in [-0.25, -0.2) is 4.79 Å². The van der Waals surface area contributed by atoms with Crippen molar-refractivity contribution < 1.29 is 14.3 Å². The smallest absolute Gasteiger partial charge is 0.329 e. The average Bonchev–Trinajstić information content (AvgIpc) is 2.96. The molecule has 0 spiro atoms. The lowest BCUT2D eigenvalue weighted by molar-refractivity contribution is -0.154. The van der Waals surface area contributed by atoms with Gasteiger partial charge in [-0.05, 0) is 37.0 Å². The van der Waals surface area contributed by atoms with Crippen LogP contribution in [0.15, 0.2) is 24.3 Å². The second kappa shape index (κ2) is 7.46. The number of carbonyl (C=O) groups excluding carboxylic acids is 2. The van der Waals surface area contributed by atoms with E-state index in [-0.39, 0.29) is 18.5 Å². The van der Waals surface area contributed by atoms with Crippen molar-refractivity contribution in [3.63, 3.8) is 0 Å². The van der Waals surface area contributed by atoms with Gasteiger partial charge in [-0.15, -0.1) is 0 Å². The van der Waals surface area contributed by atoms with Crippen LogP contribution in [0.5, 0.6) is 0 Å². The van der Waals surface area contributed by atoms with Crippen molar-refractivity contribution >= 4 is 23.5 Å². The van der Waals surface area contributed by atoms with Crippen LogP contribution in [0.25, 0.3) is 0 Å². The molecule has 1 aliphatic heterocycles. The van der Waals surface area contributed by atoms with Crippen LogP contribution in [0.1, 0.15) is 38.2 Å². The van der Waals surface area contributed by atoms with Gasteiger partial charge in [-0.2, -0.15) is 0 Å². The summed E-state index contributed by atoms with van der Waals surface area (Å²) in [7, 11) is 0. The first kappa shape index (κ1) is 15.8. The van der Waals surface area contributed by atoms with Crippen molar-refractivity contribution in [3.05, 3.63) is 34.9 Å². The predicted molar refractivity (Wildman–Crippen MR) is 80.9 cm³/mol. The molecular weight excluding hydrogens is 290 g/mol. The number of amides is 1. The Bertz CT molecular complexity index is 501. The fourth-order valence-electron chi connectivity index (χ4n) is 2.50. The lowest BCUT2D eigenvalue weighted by Crippen LogP contribution is -2.41. The Morgan fingerprint density at radius 2 is 2.05 bits per heavy atom. The van der Waals surface area contributed by atoms with E-state index in [4.69, 9.17) is 16.3 Å². The van der Waals surface area contributed by atoms with E-state index in [0.717, 1.165) is 18.4 Å². The summed E-state index contributed by atoms with van der Waals surface area (Å²) in [6.45, 7) is 2.82. The number of halogens is 1. The molecule has 0 aromatic heterocycles. The molecule has 1 aromatic carbocycles. The monoisotopic (exact) mass is 309 g/mol. The molecule has 0 bridgehead atoms. The highest BCUT2D eigenvalue weighted by Gasteiger charge is 2.34. The fraction of sp³-hybridized carbons (Fsp3) is 0.500. The summed E-state index contributed by atoms with van der Waals surface area (Å²) in [6.07, 6.45) is 2.83. The molecule has 1 saturated heterocycles. The summed E-state index contributed by atoms with van der Waals surface area (Å²) in [5.41, 5.74) is 0.886. The minimum Gasteiger partial charge on any atom is -0.459 e. The van der Waals surface area contributed by atoms with Crippen LogP contribution in [-0.4, -0.2) is 29.4 Å². The van der Waals surface area contributed by atoms with Crippen LogP contribution in [-0.2, 0) is 20.9 Å². The van der Waals surface area contributed by atoms with E-state index < -0.39 is 6.04 Å². The zero-order valence-corrected chi connectivity index (χ0v) is 12.9. The molecule has 1 amide bonds. The molecule has 4 nitrogen and oxygen atoms in total. The summed E-state index contributed by atoms with van der Waals surface area (Å²) in [5.74, 6) is -0.268. The largest absolute Gasteiger partial charge is 0.459 e. The summed E-state index contributed by atoms with van der Waals surface area (Å²) in [6, 6.07) is 6.75. The molecule has 1 aromatic rings. The van der Waals surface area contributed by atoms with E-state index in [0.29, 0.717) is 24.4 Å².